The van der Waals surface area contributed by atoms with E-state index in [0.29, 0.717) is 5.41 Å². The van der Waals surface area contributed by atoms with Gasteiger partial charge in [0.05, 0.1) is 0 Å². The highest BCUT2D eigenvalue weighted by atomic mass is 79.9. The van der Waals surface area contributed by atoms with Crippen LogP contribution in [0.25, 0.3) is 11.1 Å². The van der Waals surface area contributed by atoms with Crippen LogP contribution in [0.3, 0.4) is 0 Å². The maximum Gasteiger partial charge on any atom is 0.256 e. The number of thioether (sulfide) groups is 1. The summed E-state index contributed by atoms with van der Waals surface area (Å²) in [5, 5.41) is 1.78. The van der Waals surface area contributed by atoms with Crippen LogP contribution in [-0.4, -0.2) is 29.3 Å². The lowest BCUT2D eigenvalue weighted by Gasteiger charge is -2.34. The first kappa shape index (κ1) is 13.5. The summed E-state index contributed by atoms with van der Waals surface area (Å²) in [6.07, 6.45) is 2.21. The van der Waals surface area contributed by atoms with Gasteiger partial charge in [0.25, 0.3) is 5.22 Å². The van der Waals surface area contributed by atoms with E-state index in [2.05, 4.69) is 20.9 Å². The average Bonchev–Trinajstić information content (AvgIpc) is 2.89. The van der Waals surface area contributed by atoms with E-state index < -0.39 is 0 Å². The van der Waals surface area contributed by atoms with Crippen LogP contribution in [0.5, 0.6) is 0 Å². The van der Waals surface area contributed by atoms with E-state index in [1.54, 1.807) is 11.8 Å². The van der Waals surface area contributed by atoms with E-state index >= 15 is 0 Å². The summed E-state index contributed by atoms with van der Waals surface area (Å²) in [5.41, 5.74) is 2.11. The molecule has 0 aliphatic carbocycles. The Bertz CT molecular complexity index is 518. The summed E-state index contributed by atoms with van der Waals surface area (Å²) in [5.74, 6) is 1.02. The molecule has 0 amide bonds. The first-order valence-electron chi connectivity index (χ1n) is 6.43. The molecule has 0 bridgehead atoms. The van der Waals surface area contributed by atoms with Crippen molar-refractivity contribution in [3.8, 4) is 0 Å². The van der Waals surface area contributed by atoms with E-state index in [1.165, 1.54) is 0 Å². The molecule has 3 nitrogen and oxygen atoms in total. The van der Waals surface area contributed by atoms with Crippen LogP contribution in [0.2, 0.25) is 0 Å². The fourth-order valence-electron chi connectivity index (χ4n) is 2.25. The normalized spacial score (nSPS) is 18.8. The Balaban J connectivity index is 1.70. The molecule has 0 spiro atoms. The summed E-state index contributed by atoms with van der Waals surface area (Å²) in [6, 6.07) is 7.90. The smallest absolute Gasteiger partial charge is 0.256 e. The van der Waals surface area contributed by atoms with Crippen molar-refractivity contribution in [3.63, 3.8) is 0 Å². The minimum atomic E-state index is 0.309. The molecule has 1 fully saturated rings. The Morgan fingerprint density at radius 2 is 2.05 bits per heavy atom. The van der Waals surface area contributed by atoms with Crippen molar-refractivity contribution < 1.29 is 9.15 Å². The molecule has 2 heterocycles. The second kappa shape index (κ2) is 5.85. The molecule has 102 valence electrons. The lowest BCUT2D eigenvalue weighted by Crippen LogP contribution is -2.33. The topological polar surface area (TPSA) is 35.3 Å². The molecule has 0 N–H and O–H groups in total. The van der Waals surface area contributed by atoms with Crippen LogP contribution < -0.4 is 0 Å². The van der Waals surface area contributed by atoms with Gasteiger partial charge >= 0.3 is 0 Å². The molecule has 1 saturated heterocycles. The molecule has 1 aromatic carbocycles. The van der Waals surface area contributed by atoms with Crippen LogP contribution in [0, 0.1) is 5.41 Å². The number of benzene rings is 1. The van der Waals surface area contributed by atoms with Crippen LogP contribution in [0.1, 0.15) is 12.8 Å². The molecule has 2 aromatic rings. The number of para-hydroxylation sites is 2. The number of halogens is 1. The van der Waals surface area contributed by atoms with Gasteiger partial charge in [-0.2, -0.15) is 0 Å². The van der Waals surface area contributed by atoms with Crippen molar-refractivity contribution in [2.24, 2.45) is 5.41 Å². The van der Waals surface area contributed by atoms with Crippen molar-refractivity contribution in [3.05, 3.63) is 24.3 Å². The first-order valence-corrected chi connectivity index (χ1v) is 8.54. The van der Waals surface area contributed by atoms with Crippen LogP contribution >= 0.6 is 27.7 Å². The Labute approximate surface area is 125 Å². The molecule has 1 aromatic heterocycles. The molecule has 1 aliphatic rings. The van der Waals surface area contributed by atoms with Gasteiger partial charge in [0.2, 0.25) is 0 Å². The number of oxazole rings is 1. The lowest BCUT2D eigenvalue weighted by molar-refractivity contribution is 0.0374. The summed E-state index contributed by atoms with van der Waals surface area (Å²) in [4.78, 5) is 4.51. The van der Waals surface area contributed by atoms with Gasteiger partial charge in [-0.15, -0.1) is 0 Å². The monoisotopic (exact) mass is 341 g/mol. The quantitative estimate of drug-likeness (QED) is 0.619. The molecule has 5 heteroatoms. The van der Waals surface area contributed by atoms with E-state index in [4.69, 9.17) is 9.15 Å². The summed E-state index contributed by atoms with van der Waals surface area (Å²) >= 11 is 5.37. The third-order valence-electron chi connectivity index (χ3n) is 3.61. The zero-order valence-corrected chi connectivity index (χ0v) is 13.0. The first-order chi connectivity index (χ1) is 9.31. The fourth-order valence-corrected chi connectivity index (χ4v) is 4.40. The van der Waals surface area contributed by atoms with Gasteiger partial charge in [0.1, 0.15) is 5.52 Å². The Morgan fingerprint density at radius 3 is 2.79 bits per heavy atom. The number of nitrogens with zero attached hydrogens (tertiary/aromatic N) is 1. The molecular formula is C14H16BrNO2S. The van der Waals surface area contributed by atoms with Crippen LogP contribution in [-0.2, 0) is 4.74 Å². The predicted molar refractivity (Wildman–Crippen MR) is 81.0 cm³/mol. The molecule has 0 saturated carbocycles. The van der Waals surface area contributed by atoms with Crippen molar-refractivity contribution >= 4 is 38.8 Å². The van der Waals surface area contributed by atoms with Gasteiger partial charge in [0.15, 0.2) is 5.58 Å². The zero-order chi connectivity index (χ0) is 13.1. The highest BCUT2D eigenvalue weighted by Gasteiger charge is 2.32. The van der Waals surface area contributed by atoms with Crippen molar-refractivity contribution in [1.29, 1.82) is 0 Å². The minimum absolute atomic E-state index is 0.309. The lowest BCUT2D eigenvalue weighted by atomic mass is 9.85. The van der Waals surface area contributed by atoms with E-state index in [1.807, 2.05) is 24.3 Å². The molecule has 0 atom stereocenters. The van der Waals surface area contributed by atoms with E-state index in [-0.39, 0.29) is 0 Å². The Morgan fingerprint density at radius 1 is 1.26 bits per heavy atom. The Hall–Kier alpha value is -0.520. The van der Waals surface area contributed by atoms with Gasteiger partial charge in [-0.3, -0.25) is 0 Å². The highest BCUT2D eigenvalue weighted by molar-refractivity contribution is 9.09. The fraction of sp³-hybridized carbons (Fsp3) is 0.500. The Kier molecular flexibility index (Phi) is 4.15. The second-order valence-corrected chi connectivity index (χ2v) is 6.47. The number of hydrogen-bond acceptors (Lipinski definition) is 4. The van der Waals surface area contributed by atoms with Crippen molar-refractivity contribution in [2.75, 3.05) is 24.3 Å². The van der Waals surface area contributed by atoms with Gasteiger partial charge in [-0.05, 0) is 30.4 Å². The molecule has 0 unspecified atom stereocenters. The molecule has 1 aliphatic heterocycles. The van der Waals surface area contributed by atoms with E-state index in [0.717, 1.165) is 53.5 Å². The number of alkyl halides is 1. The number of ether oxygens (including phenoxy) is 1. The second-order valence-electron chi connectivity index (χ2n) is 4.98. The summed E-state index contributed by atoms with van der Waals surface area (Å²) < 4.78 is 11.2. The number of rotatable bonds is 4. The number of aromatic nitrogens is 1. The average molecular weight is 342 g/mol. The van der Waals surface area contributed by atoms with E-state index in [9.17, 15) is 0 Å². The van der Waals surface area contributed by atoms with Crippen LogP contribution in [0.4, 0.5) is 0 Å². The maximum atomic E-state index is 5.75. The maximum absolute atomic E-state index is 5.75. The van der Waals surface area contributed by atoms with Crippen LogP contribution in [0.15, 0.2) is 33.9 Å². The number of hydrogen-bond donors (Lipinski definition) is 0. The number of fused-ring (bicyclic) bond motifs is 1. The van der Waals surface area contributed by atoms with Gasteiger partial charge in [0, 0.05) is 24.3 Å². The standard InChI is InChI=1S/C14H16BrNO2S/c15-9-14(5-7-17-8-6-14)10-19-13-16-11-3-1-2-4-12(11)18-13/h1-4H,5-10H2. The summed E-state index contributed by atoms with van der Waals surface area (Å²) in [6.45, 7) is 1.72. The third kappa shape index (κ3) is 2.98. The molecular weight excluding hydrogens is 326 g/mol. The largest absolute Gasteiger partial charge is 0.431 e. The van der Waals surface area contributed by atoms with Gasteiger partial charge in [-0.1, -0.05) is 39.8 Å². The predicted octanol–water partition coefficient (Wildman–Crippen LogP) is 4.11. The molecule has 19 heavy (non-hydrogen) atoms. The SMILES string of the molecule is BrCC1(CSc2nc3ccccc3o2)CCOCC1. The van der Waals surface area contributed by atoms with Gasteiger partial charge < -0.3 is 9.15 Å². The molecule has 3 rings (SSSR count). The van der Waals surface area contributed by atoms with Gasteiger partial charge in [-0.25, -0.2) is 4.98 Å². The minimum Gasteiger partial charge on any atom is -0.431 e. The summed E-state index contributed by atoms with van der Waals surface area (Å²) in [7, 11) is 0. The zero-order valence-electron chi connectivity index (χ0n) is 10.6. The van der Waals surface area contributed by atoms with Crippen molar-refractivity contribution in [1.82, 2.24) is 4.98 Å². The third-order valence-corrected chi connectivity index (χ3v) is 5.98. The van der Waals surface area contributed by atoms with Crippen molar-refractivity contribution in [2.45, 2.75) is 18.1 Å². The highest BCUT2D eigenvalue weighted by Crippen LogP contribution is 2.38. The molecule has 0 radical (unpaired) electrons.